The Morgan fingerprint density at radius 3 is 2.31 bits per heavy atom. The summed E-state index contributed by atoms with van der Waals surface area (Å²) in [5.41, 5.74) is 0.279. The molecule has 2 saturated carbocycles. The Morgan fingerprint density at radius 1 is 1.07 bits per heavy atom. The van der Waals surface area contributed by atoms with Crippen LogP contribution < -0.4 is 0 Å². The molecule has 2 rings (SSSR count). The van der Waals surface area contributed by atoms with Crippen molar-refractivity contribution in [1.29, 1.82) is 0 Å². The summed E-state index contributed by atoms with van der Waals surface area (Å²) in [7, 11) is 0. The van der Waals surface area contributed by atoms with Gasteiger partial charge in [-0.25, -0.2) is 0 Å². The maximum atomic E-state index is 13.0. The monoisotopic (exact) mass is 408 g/mol. The van der Waals surface area contributed by atoms with Crippen LogP contribution in [-0.4, -0.2) is 23.7 Å². The predicted octanol–water partition coefficient (Wildman–Crippen LogP) is 6.18. The Kier molecular flexibility index (Phi) is 7.84. The molecule has 2 aliphatic carbocycles. The van der Waals surface area contributed by atoms with Gasteiger partial charge in [-0.3, -0.25) is 9.59 Å². The molecule has 0 bridgehead atoms. The van der Waals surface area contributed by atoms with Gasteiger partial charge in [-0.05, 0) is 54.3 Å². The molecular formula is C25H44O4. The van der Waals surface area contributed by atoms with E-state index in [1.165, 1.54) is 12.8 Å². The number of carbonyl (C=O) groups excluding carboxylic acids is 1. The molecule has 0 aromatic rings. The number of carbonyl (C=O) groups is 2. The molecule has 0 saturated heterocycles. The highest BCUT2D eigenvalue weighted by Gasteiger charge is 2.54. The van der Waals surface area contributed by atoms with E-state index in [4.69, 9.17) is 4.74 Å². The quantitative estimate of drug-likeness (QED) is 0.511. The molecule has 0 amide bonds. The van der Waals surface area contributed by atoms with Crippen molar-refractivity contribution < 1.29 is 19.4 Å². The molecule has 4 nitrogen and oxygen atoms in total. The van der Waals surface area contributed by atoms with Crippen LogP contribution in [0, 0.1) is 46.3 Å². The number of carboxylic acids is 1. The molecule has 0 aliphatic heterocycles. The molecular weight excluding hydrogens is 364 g/mol. The molecule has 0 radical (unpaired) electrons. The maximum absolute atomic E-state index is 13.0. The van der Waals surface area contributed by atoms with E-state index in [2.05, 4.69) is 41.5 Å². The summed E-state index contributed by atoms with van der Waals surface area (Å²) in [4.78, 5) is 24.7. The van der Waals surface area contributed by atoms with Gasteiger partial charge >= 0.3 is 11.9 Å². The van der Waals surface area contributed by atoms with Crippen LogP contribution in [-0.2, 0) is 14.3 Å². The molecule has 0 heterocycles. The standard InChI is InChI=1S/C25H44O4/c1-8-9-13-25(7)20(17(3)14-18(4)24(25,5)6)15-29-23(28)19-12-10-11-16(2)21(19)22(26)27/h16-21H,8-15H2,1-7H3,(H,26,27). The van der Waals surface area contributed by atoms with Gasteiger partial charge in [-0.15, -0.1) is 0 Å². The first-order valence-corrected chi connectivity index (χ1v) is 11.9. The van der Waals surface area contributed by atoms with Crippen molar-refractivity contribution in [2.24, 2.45) is 46.3 Å². The molecule has 2 aliphatic rings. The normalized spacial score (nSPS) is 39.7. The van der Waals surface area contributed by atoms with Gasteiger partial charge < -0.3 is 9.84 Å². The van der Waals surface area contributed by atoms with Crippen LogP contribution in [0.4, 0.5) is 0 Å². The SMILES string of the molecule is CCCCC1(C)C(COC(=O)C2CCCC(C)C2C(=O)O)C(C)CC(C)C1(C)C. The van der Waals surface area contributed by atoms with Crippen LogP contribution in [0.25, 0.3) is 0 Å². The number of ether oxygens (including phenoxy) is 1. The van der Waals surface area contributed by atoms with Gasteiger partial charge in [0.25, 0.3) is 0 Å². The van der Waals surface area contributed by atoms with E-state index in [-0.39, 0.29) is 22.7 Å². The Labute approximate surface area is 178 Å². The highest BCUT2D eigenvalue weighted by molar-refractivity contribution is 5.81. The van der Waals surface area contributed by atoms with Gasteiger partial charge in [-0.1, -0.05) is 67.7 Å². The van der Waals surface area contributed by atoms with Gasteiger partial charge in [0.2, 0.25) is 0 Å². The summed E-state index contributed by atoms with van der Waals surface area (Å²) in [6.07, 6.45) is 7.06. The Bertz CT molecular complexity index is 583. The predicted molar refractivity (Wildman–Crippen MR) is 116 cm³/mol. The first kappa shape index (κ1) is 24.2. The van der Waals surface area contributed by atoms with E-state index in [0.29, 0.717) is 30.8 Å². The third kappa shape index (κ3) is 4.66. The lowest BCUT2D eigenvalue weighted by Gasteiger charge is -2.59. The van der Waals surface area contributed by atoms with Gasteiger partial charge in [-0.2, -0.15) is 0 Å². The minimum atomic E-state index is -0.854. The lowest BCUT2D eigenvalue weighted by molar-refractivity contribution is -0.170. The molecule has 168 valence electrons. The average Bonchev–Trinajstić information content (AvgIpc) is 2.64. The number of hydrogen-bond acceptors (Lipinski definition) is 3. The fourth-order valence-corrected chi connectivity index (χ4v) is 6.46. The maximum Gasteiger partial charge on any atom is 0.309 e. The molecule has 0 aromatic heterocycles. The molecule has 4 heteroatoms. The molecule has 0 spiro atoms. The van der Waals surface area contributed by atoms with E-state index < -0.39 is 17.8 Å². The fourth-order valence-electron chi connectivity index (χ4n) is 6.46. The van der Waals surface area contributed by atoms with Gasteiger partial charge in [0.15, 0.2) is 0 Å². The second kappa shape index (κ2) is 9.39. The third-order valence-electron chi connectivity index (χ3n) is 9.20. The summed E-state index contributed by atoms with van der Waals surface area (Å²) >= 11 is 0. The average molecular weight is 409 g/mol. The second-order valence-corrected chi connectivity index (χ2v) is 11.0. The van der Waals surface area contributed by atoms with Gasteiger partial charge in [0, 0.05) is 5.92 Å². The Morgan fingerprint density at radius 2 is 1.72 bits per heavy atom. The summed E-state index contributed by atoms with van der Waals surface area (Å²) in [5, 5.41) is 9.66. The van der Waals surface area contributed by atoms with Gasteiger partial charge in [0.05, 0.1) is 18.4 Å². The topological polar surface area (TPSA) is 63.6 Å². The molecule has 2 fully saturated rings. The van der Waals surface area contributed by atoms with Crippen molar-refractivity contribution in [3.8, 4) is 0 Å². The number of rotatable bonds is 7. The largest absolute Gasteiger partial charge is 0.481 e. The van der Waals surface area contributed by atoms with Crippen molar-refractivity contribution in [1.82, 2.24) is 0 Å². The van der Waals surface area contributed by atoms with Crippen molar-refractivity contribution in [2.75, 3.05) is 6.61 Å². The molecule has 0 aromatic carbocycles. The van der Waals surface area contributed by atoms with Crippen LogP contribution in [0.2, 0.25) is 0 Å². The van der Waals surface area contributed by atoms with Crippen molar-refractivity contribution >= 4 is 11.9 Å². The summed E-state index contributed by atoms with van der Waals surface area (Å²) < 4.78 is 5.92. The van der Waals surface area contributed by atoms with E-state index in [1.54, 1.807) is 0 Å². The molecule has 1 N–H and O–H groups in total. The van der Waals surface area contributed by atoms with Crippen LogP contribution in [0.15, 0.2) is 0 Å². The van der Waals surface area contributed by atoms with E-state index in [0.717, 1.165) is 25.7 Å². The van der Waals surface area contributed by atoms with E-state index in [9.17, 15) is 14.7 Å². The van der Waals surface area contributed by atoms with E-state index in [1.807, 2.05) is 6.92 Å². The van der Waals surface area contributed by atoms with Crippen LogP contribution in [0.3, 0.4) is 0 Å². The second-order valence-electron chi connectivity index (χ2n) is 11.0. The summed E-state index contributed by atoms with van der Waals surface area (Å²) in [6.45, 7) is 16.4. The number of unbranched alkanes of at least 4 members (excludes halogenated alkanes) is 1. The van der Waals surface area contributed by atoms with Crippen molar-refractivity contribution in [2.45, 2.75) is 93.4 Å². The smallest absolute Gasteiger partial charge is 0.309 e. The minimum absolute atomic E-state index is 0.0296. The summed E-state index contributed by atoms with van der Waals surface area (Å²) in [5.74, 6) is -0.782. The van der Waals surface area contributed by atoms with E-state index >= 15 is 0 Å². The molecule has 29 heavy (non-hydrogen) atoms. The number of esters is 1. The number of carboxylic acid groups (broad SMARTS) is 1. The lowest BCUT2D eigenvalue weighted by atomic mass is 9.46. The first-order chi connectivity index (χ1) is 13.5. The number of aliphatic carboxylic acids is 1. The van der Waals surface area contributed by atoms with Gasteiger partial charge in [0.1, 0.15) is 0 Å². The molecule has 7 atom stereocenters. The van der Waals surface area contributed by atoms with Crippen molar-refractivity contribution in [3.05, 3.63) is 0 Å². The zero-order valence-electron chi connectivity index (χ0n) is 19.8. The molecule has 7 unspecified atom stereocenters. The van der Waals surface area contributed by atoms with Crippen LogP contribution in [0.1, 0.15) is 93.4 Å². The zero-order valence-corrected chi connectivity index (χ0v) is 19.8. The summed E-state index contributed by atoms with van der Waals surface area (Å²) in [6, 6.07) is 0. The zero-order chi connectivity index (χ0) is 22.0. The highest BCUT2D eigenvalue weighted by atomic mass is 16.5. The van der Waals surface area contributed by atoms with Crippen LogP contribution >= 0.6 is 0 Å². The number of hydrogen-bond donors (Lipinski definition) is 1. The van der Waals surface area contributed by atoms with Crippen molar-refractivity contribution in [3.63, 3.8) is 0 Å². The highest BCUT2D eigenvalue weighted by Crippen LogP contribution is 2.60. The fraction of sp³-hybridized carbons (Fsp3) is 0.920. The third-order valence-corrected chi connectivity index (χ3v) is 9.20. The Balaban J connectivity index is 2.17. The lowest BCUT2D eigenvalue weighted by Crippen LogP contribution is -2.54. The van der Waals surface area contributed by atoms with Crippen LogP contribution in [0.5, 0.6) is 0 Å². The minimum Gasteiger partial charge on any atom is -0.481 e. The first-order valence-electron chi connectivity index (χ1n) is 11.9. The Hall–Kier alpha value is -1.06.